The zero-order valence-electron chi connectivity index (χ0n) is 10.9. The Morgan fingerprint density at radius 2 is 1.64 bits per heavy atom. The summed E-state index contributed by atoms with van der Waals surface area (Å²) in [6.45, 7) is 0. The number of allylic oxidation sites excluding steroid dienone is 1. The second-order valence-corrected chi connectivity index (χ2v) is 5.43. The van der Waals surface area contributed by atoms with Crippen molar-refractivity contribution in [1.82, 2.24) is 0 Å². The number of halogens is 3. The number of carbonyl (C=O) groups excluding carboxylic acids is 1. The normalized spacial score (nSPS) is 10.9. The van der Waals surface area contributed by atoms with Gasteiger partial charge < -0.3 is 0 Å². The molecule has 0 saturated carbocycles. The third kappa shape index (κ3) is 3.65. The summed E-state index contributed by atoms with van der Waals surface area (Å²) >= 11 is 17.7. The molecule has 0 aromatic heterocycles. The monoisotopic (exact) mass is 355 g/mol. The van der Waals surface area contributed by atoms with Gasteiger partial charge in [-0.15, -0.1) is 0 Å². The zero-order chi connectivity index (χ0) is 16.3. The molecule has 7 heteroatoms. The number of benzene rings is 2. The van der Waals surface area contributed by atoms with Gasteiger partial charge in [0.2, 0.25) is 0 Å². The molecule has 0 N–H and O–H groups in total. The fraction of sp³-hybridized carbons (Fsp3) is 0. The van der Waals surface area contributed by atoms with E-state index in [1.165, 1.54) is 36.4 Å². The summed E-state index contributed by atoms with van der Waals surface area (Å²) in [6, 6.07) is 8.77. The molecule has 112 valence electrons. The van der Waals surface area contributed by atoms with Gasteiger partial charge in [0.05, 0.1) is 20.0 Å². The van der Waals surface area contributed by atoms with Crippen LogP contribution in [0, 0.1) is 10.1 Å². The second-order valence-electron chi connectivity index (χ2n) is 4.27. The van der Waals surface area contributed by atoms with Crippen molar-refractivity contribution in [2.24, 2.45) is 0 Å². The summed E-state index contributed by atoms with van der Waals surface area (Å²) in [4.78, 5) is 22.2. The van der Waals surface area contributed by atoms with Crippen LogP contribution in [-0.2, 0) is 0 Å². The number of carbonyl (C=O) groups is 1. The first-order valence-electron chi connectivity index (χ1n) is 6.00. The van der Waals surface area contributed by atoms with Gasteiger partial charge in [-0.3, -0.25) is 14.9 Å². The Labute approximate surface area is 141 Å². The molecule has 0 unspecified atom stereocenters. The van der Waals surface area contributed by atoms with E-state index >= 15 is 0 Å². The molecule has 0 aliphatic carbocycles. The van der Waals surface area contributed by atoms with Gasteiger partial charge in [-0.05, 0) is 35.9 Å². The number of non-ortho nitro benzene ring substituents is 1. The summed E-state index contributed by atoms with van der Waals surface area (Å²) in [5.41, 5.74) is 0.861. The van der Waals surface area contributed by atoms with Crippen molar-refractivity contribution < 1.29 is 9.72 Å². The van der Waals surface area contributed by atoms with Crippen LogP contribution >= 0.6 is 34.8 Å². The van der Waals surface area contributed by atoms with Crippen LogP contribution in [0.3, 0.4) is 0 Å². The number of hydrogen-bond acceptors (Lipinski definition) is 3. The van der Waals surface area contributed by atoms with Crippen LogP contribution in [0.1, 0.15) is 15.9 Å². The molecule has 22 heavy (non-hydrogen) atoms. The number of ketones is 1. The highest BCUT2D eigenvalue weighted by Gasteiger charge is 2.13. The number of hydrogen-bond donors (Lipinski definition) is 0. The zero-order valence-corrected chi connectivity index (χ0v) is 13.2. The lowest BCUT2D eigenvalue weighted by Gasteiger charge is -2.03. The van der Waals surface area contributed by atoms with E-state index in [4.69, 9.17) is 34.8 Å². The van der Waals surface area contributed by atoms with Crippen LogP contribution in [-0.4, -0.2) is 10.7 Å². The van der Waals surface area contributed by atoms with Crippen LogP contribution in [0.15, 0.2) is 42.5 Å². The highest BCUT2D eigenvalue weighted by atomic mass is 35.5. The molecule has 0 aliphatic rings. The lowest BCUT2D eigenvalue weighted by Crippen LogP contribution is -1.96. The Morgan fingerprint density at radius 3 is 2.23 bits per heavy atom. The van der Waals surface area contributed by atoms with E-state index in [0.29, 0.717) is 5.56 Å². The summed E-state index contributed by atoms with van der Waals surface area (Å²) in [6.07, 6.45) is 2.84. The topological polar surface area (TPSA) is 60.2 Å². The van der Waals surface area contributed by atoms with Crippen LogP contribution in [0.2, 0.25) is 15.1 Å². The van der Waals surface area contributed by atoms with E-state index in [0.717, 1.165) is 0 Å². The van der Waals surface area contributed by atoms with Gasteiger partial charge >= 0.3 is 0 Å². The Balaban J connectivity index is 2.21. The molecule has 0 spiro atoms. The van der Waals surface area contributed by atoms with Gasteiger partial charge in [0, 0.05) is 17.7 Å². The molecular weight excluding hydrogens is 349 g/mol. The molecule has 0 fully saturated rings. The van der Waals surface area contributed by atoms with E-state index in [-0.39, 0.29) is 32.1 Å². The Morgan fingerprint density at radius 1 is 1.00 bits per heavy atom. The maximum Gasteiger partial charge on any atom is 0.269 e. The van der Waals surface area contributed by atoms with Crippen molar-refractivity contribution in [3.05, 3.63) is 78.8 Å². The van der Waals surface area contributed by atoms with Gasteiger partial charge in [-0.1, -0.05) is 40.9 Å². The highest BCUT2D eigenvalue weighted by molar-refractivity contribution is 6.49. The Hall–Kier alpha value is -1.88. The first-order valence-corrected chi connectivity index (χ1v) is 7.14. The smallest absolute Gasteiger partial charge is 0.269 e. The fourth-order valence-corrected chi connectivity index (χ4v) is 2.31. The van der Waals surface area contributed by atoms with Crippen LogP contribution in [0.25, 0.3) is 6.08 Å². The lowest BCUT2D eigenvalue weighted by molar-refractivity contribution is -0.384. The predicted octanol–water partition coefficient (Wildman–Crippen LogP) is 5.45. The lowest BCUT2D eigenvalue weighted by atomic mass is 10.1. The maximum atomic E-state index is 12.1. The molecule has 0 bridgehead atoms. The average Bonchev–Trinajstić information content (AvgIpc) is 2.51. The summed E-state index contributed by atoms with van der Waals surface area (Å²) in [5.74, 6) is -0.345. The van der Waals surface area contributed by atoms with E-state index in [2.05, 4.69) is 0 Å². The number of nitro groups is 1. The van der Waals surface area contributed by atoms with Crippen molar-refractivity contribution >= 4 is 52.3 Å². The van der Waals surface area contributed by atoms with Gasteiger partial charge in [0.25, 0.3) is 5.69 Å². The molecular formula is C15H8Cl3NO3. The average molecular weight is 357 g/mol. The molecule has 0 heterocycles. The number of nitrogens with zero attached hydrogens (tertiary/aromatic N) is 1. The van der Waals surface area contributed by atoms with Gasteiger partial charge in [0.1, 0.15) is 0 Å². The standard InChI is InChI=1S/C15H8Cl3NO3/c16-12-7-6-11(14(17)15(12)18)13(20)8-3-9-1-4-10(5-2-9)19(21)22/h1-8H. The third-order valence-electron chi connectivity index (χ3n) is 2.83. The van der Waals surface area contributed by atoms with Crippen molar-refractivity contribution in [3.63, 3.8) is 0 Å². The van der Waals surface area contributed by atoms with E-state index in [1.807, 2.05) is 0 Å². The minimum absolute atomic E-state index is 0.0176. The minimum atomic E-state index is -0.492. The quantitative estimate of drug-likeness (QED) is 0.240. The second kappa shape index (κ2) is 6.92. The molecule has 0 aliphatic heterocycles. The highest BCUT2D eigenvalue weighted by Crippen LogP contribution is 2.33. The SMILES string of the molecule is O=C(C=Cc1ccc([N+](=O)[O-])cc1)c1ccc(Cl)c(Cl)c1Cl. The molecule has 2 rings (SSSR count). The van der Waals surface area contributed by atoms with Crippen LogP contribution in [0.4, 0.5) is 5.69 Å². The van der Waals surface area contributed by atoms with Gasteiger partial charge in [-0.2, -0.15) is 0 Å². The Kier molecular flexibility index (Phi) is 5.19. The van der Waals surface area contributed by atoms with Crippen molar-refractivity contribution in [1.29, 1.82) is 0 Å². The van der Waals surface area contributed by atoms with E-state index in [9.17, 15) is 14.9 Å². The molecule has 0 amide bonds. The molecule has 4 nitrogen and oxygen atoms in total. The first kappa shape index (κ1) is 16.5. The fourth-order valence-electron chi connectivity index (χ4n) is 1.69. The summed E-state index contributed by atoms with van der Waals surface area (Å²) in [5, 5.41) is 11.0. The van der Waals surface area contributed by atoms with Crippen LogP contribution < -0.4 is 0 Å². The summed E-state index contributed by atoms with van der Waals surface area (Å²) in [7, 11) is 0. The van der Waals surface area contributed by atoms with E-state index in [1.54, 1.807) is 12.1 Å². The summed E-state index contributed by atoms with van der Waals surface area (Å²) < 4.78 is 0. The van der Waals surface area contributed by atoms with Gasteiger partial charge in [-0.25, -0.2) is 0 Å². The molecule has 0 radical (unpaired) electrons. The minimum Gasteiger partial charge on any atom is -0.289 e. The first-order chi connectivity index (χ1) is 10.4. The third-order valence-corrected chi connectivity index (χ3v) is 4.13. The predicted molar refractivity (Wildman–Crippen MR) is 87.9 cm³/mol. The van der Waals surface area contributed by atoms with Gasteiger partial charge in [0.15, 0.2) is 5.78 Å². The Bertz CT molecular complexity index is 770. The molecule has 0 atom stereocenters. The molecule has 2 aromatic carbocycles. The van der Waals surface area contributed by atoms with Crippen molar-refractivity contribution in [2.75, 3.05) is 0 Å². The van der Waals surface area contributed by atoms with Crippen molar-refractivity contribution in [3.8, 4) is 0 Å². The van der Waals surface area contributed by atoms with Crippen molar-refractivity contribution in [2.45, 2.75) is 0 Å². The molecule has 2 aromatic rings. The van der Waals surface area contributed by atoms with E-state index < -0.39 is 4.92 Å². The largest absolute Gasteiger partial charge is 0.289 e. The number of nitro benzene ring substituents is 1. The van der Waals surface area contributed by atoms with Crippen LogP contribution in [0.5, 0.6) is 0 Å². The number of rotatable bonds is 4. The molecule has 0 saturated heterocycles. The maximum absolute atomic E-state index is 12.1.